The highest BCUT2D eigenvalue weighted by Gasteiger charge is 2.23. The highest BCUT2D eigenvalue weighted by molar-refractivity contribution is 8.00. The van der Waals surface area contributed by atoms with Gasteiger partial charge in [-0.15, -0.1) is 5.10 Å². The Morgan fingerprint density at radius 3 is 2.88 bits per heavy atom. The summed E-state index contributed by atoms with van der Waals surface area (Å²) >= 11 is 1.34. The van der Waals surface area contributed by atoms with Crippen LogP contribution in [0.5, 0.6) is 0 Å². The van der Waals surface area contributed by atoms with Crippen molar-refractivity contribution in [2.24, 2.45) is 0 Å². The van der Waals surface area contributed by atoms with Gasteiger partial charge in [0, 0.05) is 6.07 Å². The zero-order valence-electron chi connectivity index (χ0n) is 14.8. The van der Waals surface area contributed by atoms with Crippen LogP contribution in [0.3, 0.4) is 0 Å². The topological polar surface area (TPSA) is 98.7 Å². The van der Waals surface area contributed by atoms with Crippen molar-refractivity contribution in [2.45, 2.75) is 44.0 Å². The number of aromatic nitrogens is 5. The zero-order valence-corrected chi connectivity index (χ0v) is 15.7. The minimum Gasteiger partial charge on any atom is -0.360 e. The molecule has 1 aromatic carbocycles. The van der Waals surface area contributed by atoms with E-state index in [1.165, 1.54) is 11.8 Å². The molecule has 1 amide bonds. The van der Waals surface area contributed by atoms with Gasteiger partial charge in [-0.05, 0) is 48.4 Å². The van der Waals surface area contributed by atoms with Crippen LogP contribution in [0.4, 0.5) is 5.82 Å². The van der Waals surface area contributed by atoms with E-state index >= 15 is 0 Å². The highest BCUT2D eigenvalue weighted by Crippen LogP contribution is 2.27. The molecule has 1 atom stereocenters. The van der Waals surface area contributed by atoms with E-state index in [0.717, 1.165) is 17.7 Å². The molecule has 8 nitrogen and oxygen atoms in total. The van der Waals surface area contributed by atoms with Crippen LogP contribution >= 0.6 is 11.8 Å². The number of rotatable bonds is 7. The monoisotopic (exact) mass is 372 g/mol. The van der Waals surface area contributed by atoms with E-state index in [9.17, 15) is 4.79 Å². The van der Waals surface area contributed by atoms with Gasteiger partial charge in [-0.25, -0.2) is 0 Å². The van der Waals surface area contributed by atoms with E-state index in [1.54, 1.807) is 17.7 Å². The molecule has 0 aliphatic rings. The smallest absolute Gasteiger partial charge is 0.239 e. The number of benzene rings is 1. The SMILES string of the molecule is CCCC(Sc1nnnn1-c1cccc(C)c1)C(=O)Nc1cc(C)on1. The number of nitrogens with zero attached hydrogens (tertiary/aromatic N) is 5. The lowest BCUT2D eigenvalue weighted by atomic mass is 10.2. The molecule has 0 bridgehead atoms. The summed E-state index contributed by atoms with van der Waals surface area (Å²) in [7, 11) is 0. The van der Waals surface area contributed by atoms with E-state index in [-0.39, 0.29) is 11.2 Å². The van der Waals surface area contributed by atoms with Gasteiger partial charge in [0.05, 0.1) is 10.9 Å². The molecule has 2 heterocycles. The Morgan fingerprint density at radius 2 is 2.19 bits per heavy atom. The van der Waals surface area contributed by atoms with Crippen LogP contribution in [-0.2, 0) is 4.79 Å². The third kappa shape index (κ3) is 4.29. The van der Waals surface area contributed by atoms with Crippen molar-refractivity contribution in [3.8, 4) is 5.69 Å². The summed E-state index contributed by atoms with van der Waals surface area (Å²) < 4.78 is 6.64. The van der Waals surface area contributed by atoms with Crippen molar-refractivity contribution < 1.29 is 9.32 Å². The lowest BCUT2D eigenvalue weighted by molar-refractivity contribution is -0.115. The third-order valence-electron chi connectivity index (χ3n) is 3.66. The Kier molecular flexibility index (Phi) is 5.67. The van der Waals surface area contributed by atoms with Crippen LogP contribution in [0, 0.1) is 13.8 Å². The van der Waals surface area contributed by atoms with Crippen LogP contribution in [0.15, 0.2) is 40.0 Å². The number of hydrogen-bond donors (Lipinski definition) is 1. The molecule has 0 aliphatic carbocycles. The van der Waals surface area contributed by atoms with Crippen LogP contribution < -0.4 is 5.32 Å². The largest absolute Gasteiger partial charge is 0.360 e. The number of carbonyl (C=O) groups excluding carboxylic acids is 1. The first kappa shape index (κ1) is 18.1. The molecule has 3 aromatic rings. The Bertz CT molecular complexity index is 891. The third-order valence-corrected chi connectivity index (χ3v) is 4.86. The van der Waals surface area contributed by atoms with Gasteiger partial charge >= 0.3 is 0 Å². The molecular formula is C17H20N6O2S. The molecule has 136 valence electrons. The summed E-state index contributed by atoms with van der Waals surface area (Å²) in [5.74, 6) is 0.903. The van der Waals surface area contributed by atoms with Crippen molar-refractivity contribution >= 4 is 23.5 Å². The second kappa shape index (κ2) is 8.13. The minimum absolute atomic E-state index is 0.149. The second-order valence-electron chi connectivity index (χ2n) is 5.92. The molecule has 3 rings (SSSR count). The molecule has 0 fully saturated rings. The fraction of sp³-hybridized carbons (Fsp3) is 0.353. The summed E-state index contributed by atoms with van der Waals surface area (Å²) in [6, 6.07) is 9.56. The second-order valence-corrected chi connectivity index (χ2v) is 7.09. The van der Waals surface area contributed by atoms with Gasteiger partial charge in [-0.2, -0.15) is 4.68 Å². The summed E-state index contributed by atoms with van der Waals surface area (Å²) in [6.07, 6.45) is 1.54. The molecule has 26 heavy (non-hydrogen) atoms. The maximum absolute atomic E-state index is 12.6. The first-order valence-electron chi connectivity index (χ1n) is 8.33. The molecular weight excluding hydrogens is 352 g/mol. The Hall–Kier alpha value is -2.68. The van der Waals surface area contributed by atoms with Gasteiger partial charge in [0.2, 0.25) is 11.1 Å². The predicted octanol–water partition coefficient (Wildman–Crippen LogP) is 3.17. The predicted molar refractivity (Wildman–Crippen MR) is 98.3 cm³/mol. The summed E-state index contributed by atoms with van der Waals surface area (Å²) in [6.45, 7) is 5.81. The first-order chi connectivity index (χ1) is 12.6. The zero-order chi connectivity index (χ0) is 18.5. The van der Waals surface area contributed by atoms with E-state index < -0.39 is 0 Å². The molecule has 1 unspecified atom stereocenters. The molecule has 2 aromatic heterocycles. The van der Waals surface area contributed by atoms with Crippen molar-refractivity contribution in [1.29, 1.82) is 0 Å². The van der Waals surface area contributed by atoms with Crippen molar-refractivity contribution in [3.05, 3.63) is 41.7 Å². The summed E-state index contributed by atoms with van der Waals surface area (Å²) in [5, 5.41) is 18.7. The van der Waals surface area contributed by atoms with E-state index in [1.807, 2.05) is 38.1 Å². The van der Waals surface area contributed by atoms with Gasteiger partial charge in [0.1, 0.15) is 5.76 Å². The number of nitrogens with one attached hydrogen (secondary N) is 1. The lowest BCUT2D eigenvalue weighted by Gasteiger charge is -2.14. The van der Waals surface area contributed by atoms with E-state index in [0.29, 0.717) is 23.2 Å². The molecule has 0 aliphatic heterocycles. The van der Waals surface area contributed by atoms with Gasteiger partial charge in [0.25, 0.3) is 0 Å². The van der Waals surface area contributed by atoms with E-state index in [4.69, 9.17) is 4.52 Å². The molecule has 0 saturated heterocycles. The number of hydrogen-bond acceptors (Lipinski definition) is 7. The average Bonchev–Trinajstić information content (AvgIpc) is 3.23. The Morgan fingerprint density at radius 1 is 1.35 bits per heavy atom. The maximum Gasteiger partial charge on any atom is 0.239 e. The molecule has 1 N–H and O–H groups in total. The normalized spacial score (nSPS) is 12.1. The first-order valence-corrected chi connectivity index (χ1v) is 9.21. The fourth-order valence-corrected chi connectivity index (χ4v) is 3.54. The van der Waals surface area contributed by atoms with Gasteiger partial charge in [-0.1, -0.05) is 42.4 Å². The van der Waals surface area contributed by atoms with Crippen LogP contribution in [0.1, 0.15) is 31.1 Å². The van der Waals surface area contributed by atoms with Crippen molar-refractivity contribution in [1.82, 2.24) is 25.4 Å². The molecule has 0 saturated carbocycles. The number of carbonyl (C=O) groups is 1. The average molecular weight is 372 g/mol. The summed E-state index contributed by atoms with van der Waals surface area (Å²) in [5.41, 5.74) is 1.97. The van der Waals surface area contributed by atoms with Gasteiger partial charge in [0.15, 0.2) is 5.82 Å². The quantitative estimate of drug-likeness (QED) is 0.636. The molecule has 0 radical (unpaired) electrons. The number of anilines is 1. The summed E-state index contributed by atoms with van der Waals surface area (Å²) in [4.78, 5) is 12.6. The minimum atomic E-state index is -0.341. The number of amides is 1. The Balaban J connectivity index is 1.78. The van der Waals surface area contributed by atoms with Crippen LogP contribution in [0.2, 0.25) is 0 Å². The van der Waals surface area contributed by atoms with E-state index in [2.05, 4.69) is 26.0 Å². The highest BCUT2D eigenvalue weighted by atomic mass is 32.2. The van der Waals surface area contributed by atoms with Gasteiger partial charge in [-0.3, -0.25) is 4.79 Å². The lowest BCUT2D eigenvalue weighted by Crippen LogP contribution is -2.25. The fourth-order valence-electron chi connectivity index (χ4n) is 2.44. The maximum atomic E-state index is 12.6. The van der Waals surface area contributed by atoms with Crippen molar-refractivity contribution in [3.63, 3.8) is 0 Å². The van der Waals surface area contributed by atoms with Crippen LogP contribution in [0.25, 0.3) is 5.69 Å². The van der Waals surface area contributed by atoms with Crippen LogP contribution in [-0.4, -0.2) is 36.5 Å². The standard InChI is InChI=1S/C17H20N6O2S/c1-4-6-14(16(24)18-15-10-12(3)25-20-15)26-17-19-21-22-23(17)13-8-5-7-11(2)9-13/h5,7-10,14H,4,6H2,1-3H3,(H,18,20,24). The molecule has 9 heteroatoms. The number of thioether (sulfide) groups is 1. The molecule has 0 spiro atoms. The number of aryl methyl sites for hydroxylation is 2. The Labute approximate surface area is 155 Å². The van der Waals surface area contributed by atoms with Gasteiger partial charge < -0.3 is 9.84 Å². The number of tetrazole rings is 1. The van der Waals surface area contributed by atoms with Crippen molar-refractivity contribution in [2.75, 3.05) is 5.32 Å².